The lowest BCUT2D eigenvalue weighted by Gasteiger charge is -2.28. The number of allylic oxidation sites excluding steroid dienone is 2. The number of hydrogen-bond acceptors (Lipinski definition) is 2. The second kappa shape index (κ2) is 6.27. The highest BCUT2D eigenvalue weighted by molar-refractivity contribution is 8.00. The summed E-state index contributed by atoms with van der Waals surface area (Å²) in [5.74, 6) is 0. The molecule has 0 unspecified atom stereocenters. The van der Waals surface area contributed by atoms with Gasteiger partial charge in [-0.2, -0.15) is 0 Å². The largest absolute Gasteiger partial charge is 0.389 e. The molecule has 0 aliphatic heterocycles. The molecule has 2 heteroatoms. The molecule has 1 nitrogen and oxygen atoms in total. The molecule has 0 aliphatic rings. The molecule has 0 aromatic heterocycles. The van der Waals surface area contributed by atoms with Crippen molar-refractivity contribution in [2.45, 2.75) is 49.9 Å². The summed E-state index contributed by atoms with van der Waals surface area (Å²) >= 11 is 1.74. The zero-order valence-corrected chi connectivity index (χ0v) is 11.9. The summed E-state index contributed by atoms with van der Waals surface area (Å²) in [5.41, 5.74) is 0.625. The first-order valence-electron chi connectivity index (χ1n) is 5.97. The Balaban J connectivity index is 2.75. The van der Waals surface area contributed by atoms with Crippen molar-refractivity contribution in [3.63, 3.8) is 0 Å². The number of hydrogen-bond donors (Lipinski definition) is 1. The summed E-state index contributed by atoms with van der Waals surface area (Å²) < 4.78 is 0. The van der Waals surface area contributed by atoms with Crippen LogP contribution in [0.1, 0.15) is 34.1 Å². The third kappa shape index (κ3) is 5.42. The molecule has 1 rings (SSSR count). The highest BCUT2D eigenvalue weighted by Crippen LogP contribution is 2.32. The van der Waals surface area contributed by atoms with Crippen LogP contribution < -0.4 is 0 Å². The minimum absolute atomic E-state index is 0.180. The normalized spacial score (nSPS) is 13.2. The van der Waals surface area contributed by atoms with Crippen LogP contribution in [0.15, 0.2) is 46.9 Å². The van der Waals surface area contributed by atoms with Gasteiger partial charge in [0.1, 0.15) is 0 Å². The smallest absolute Gasteiger partial charge is 0.0716 e. The Labute approximate surface area is 109 Å². The van der Waals surface area contributed by atoms with Crippen molar-refractivity contribution in [1.82, 2.24) is 0 Å². The molecule has 17 heavy (non-hydrogen) atoms. The lowest BCUT2D eigenvalue weighted by atomic mass is 10.0. The Morgan fingerprint density at radius 3 is 2.35 bits per heavy atom. The van der Waals surface area contributed by atoms with Gasteiger partial charge in [-0.05, 0) is 46.2 Å². The quantitative estimate of drug-likeness (QED) is 0.622. The summed E-state index contributed by atoms with van der Waals surface area (Å²) in [5, 5.41) is 10.4. The van der Waals surface area contributed by atoms with Crippen LogP contribution in [0.25, 0.3) is 0 Å². The van der Waals surface area contributed by atoms with E-state index in [1.165, 1.54) is 10.5 Å². The highest BCUT2D eigenvalue weighted by atomic mass is 32.2. The Kier molecular flexibility index (Phi) is 5.29. The van der Waals surface area contributed by atoms with Crippen LogP contribution in [-0.2, 0) is 0 Å². The summed E-state index contributed by atoms with van der Waals surface area (Å²) in [6.45, 7) is 7.95. The van der Waals surface area contributed by atoms with E-state index in [1.54, 1.807) is 11.8 Å². The molecular weight excluding hydrogens is 228 g/mol. The molecule has 1 N–H and O–H groups in total. The SMILES string of the molecule is CC(C)=CC[C@H](Sc1ccccc1)C(C)(C)O. The molecule has 0 spiro atoms. The van der Waals surface area contributed by atoms with Crippen LogP contribution in [0.2, 0.25) is 0 Å². The average Bonchev–Trinajstić information content (AvgIpc) is 2.23. The topological polar surface area (TPSA) is 20.2 Å². The van der Waals surface area contributed by atoms with Gasteiger partial charge in [-0.15, -0.1) is 11.8 Å². The minimum Gasteiger partial charge on any atom is -0.389 e. The summed E-state index contributed by atoms with van der Waals surface area (Å²) in [6.07, 6.45) is 3.09. The number of rotatable bonds is 5. The first-order valence-corrected chi connectivity index (χ1v) is 6.85. The first kappa shape index (κ1) is 14.3. The van der Waals surface area contributed by atoms with Crippen molar-refractivity contribution in [2.24, 2.45) is 0 Å². The maximum absolute atomic E-state index is 10.2. The van der Waals surface area contributed by atoms with Gasteiger partial charge >= 0.3 is 0 Å². The minimum atomic E-state index is -0.674. The van der Waals surface area contributed by atoms with Crippen LogP contribution in [-0.4, -0.2) is 16.0 Å². The van der Waals surface area contributed by atoms with Gasteiger partial charge < -0.3 is 5.11 Å². The van der Waals surface area contributed by atoms with Gasteiger partial charge in [-0.25, -0.2) is 0 Å². The van der Waals surface area contributed by atoms with Crippen molar-refractivity contribution in [3.05, 3.63) is 42.0 Å². The molecular formula is C15H22OS. The Morgan fingerprint density at radius 2 is 1.88 bits per heavy atom. The van der Waals surface area contributed by atoms with Gasteiger partial charge in [-0.1, -0.05) is 29.8 Å². The van der Waals surface area contributed by atoms with E-state index in [0.717, 1.165) is 6.42 Å². The van der Waals surface area contributed by atoms with E-state index in [-0.39, 0.29) is 5.25 Å². The zero-order valence-electron chi connectivity index (χ0n) is 11.1. The monoisotopic (exact) mass is 250 g/mol. The number of benzene rings is 1. The van der Waals surface area contributed by atoms with Crippen molar-refractivity contribution in [2.75, 3.05) is 0 Å². The molecule has 94 valence electrons. The maximum atomic E-state index is 10.2. The van der Waals surface area contributed by atoms with Gasteiger partial charge in [0.15, 0.2) is 0 Å². The Bertz CT molecular complexity index is 358. The van der Waals surface area contributed by atoms with E-state index < -0.39 is 5.60 Å². The fourth-order valence-electron chi connectivity index (χ4n) is 1.49. The number of aliphatic hydroxyl groups is 1. The summed E-state index contributed by atoms with van der Waals surface area (Å²) in [6, 6.07) is 10.3. The molecule has 1 atom stereocenters. The van der Waals surface area contributed by atoms with Crippen molar-refractivity contribution < 1.29 is 5.11 Å². The Hall–Kier alpha value is -0.730. The van der Waals surface area contributed by atoms with Gasteiger partial charge in [0, 0.05) is 10.1 Å². The standard InChI is InChI=1S/C15H22OS/c1-12(2)10-11-14(15(3,4)16)17-13-8-6-5-7-9-13/h5-10,14,16H,11H2,1-4H3/t14-/m0/s1. The van der Waals surface area contributed by atoms with Crippen LogP contribution in [0.3, 0.4) is 0 Å². The molecule has 1 aromatic rings. The molecule has 0 bridgehead atoms. The third-order valence-electron chi connectivity index (χ3n) is 2.55. The predicted octanol–water partition coefficient (Wildman–Crippen LogP) is 4.27. The van der Waals surface area contributed by atoms with Gasteiger partial charge in [0.05, 0.1) is 5.60 Å². The zero-order chi connectivity index (χ0) is 12.9. The lowest BCUT2D eigenvalue weighted by Crippen LogP contribution is -2.33. The lowest BCUT2D eigenvalue weighted by molar-refractivity contribution is 0.0783. The van der Waals surface area contributed by atoms with Gasteiger partial charge in [-0.3, -0.25) is 0 Å². The van der Waals surface area contributed by atoms with E-state index in [1.807, 2.05) is 32.0 Å². The van der Waals surface area contributed by atoms with E-state index in [9.17, 15) is 5.11 Å². The predicted molar refractivity (Wildman–Crippen MR) is 76.4 cm³/mol. The molecule has 0 fully saturated rings. The second-order valence-corrected chi connectivity index (χ2v) is 6.37. The molecule has 0 saturated carbocycles. The maximum Gasteiger partial charge on any atom is 0.0716 e. The van der Waals surface area contributed by atoms with Crippen molar-refractivity contribution >= 4 is 11.8 Å². The fraction of sp³-hybridized carbons (Fsp3) is 0.467. The van der Waals surface area contributed by atoms with Crippen LogP contribution in [0, 0.1) is 0 Å². The molecule has 0 radical (unpaired) electrons. The second-order valence-electron chi connectivity index (χ2n) is 5.09. The third-order valence-corrected chi connectivity index (χ3v) is 4.15. The van der Waals surface area contributed by atoms with E-state index >= 15 is 0 Å². The fourth-order valence-corrected chi connectivity index (χ4v) is 2.61. The van der Waals surface area contributed by atoms with Crippen LogP contribution in [0.4, 0.5) is 0 Å². The van der Waals surface area contributed by atoms with Gasteiger partial charge in [0.2, 0.25) is 0 Å². The number of thioether (sulfide) groups is 1. The molecule has 1 aromatic carbocycles. The molecule has 0 amide bonds. The molecule has 0 aliphatic carbocycles. The van der Waals surface area contributed by atoms with Crippen molar-refractivity contribution in [3.8, 4) is 0 Å². The highest BCUT2D eigenvalue weighted by Gasteiger charge is 2.26. The van der Waals surface area contributed by atoms with Crippen molar-refractivity contribution in [1.29, 1.82) is 0 Å². The summed E-state index contributed by atoms with van der Waals surface area (Å²) in [7, 11) is 0. The van der Waals surface area contributed by atoms with E-state index in [0.29, 0.717) is 0 Å². The van der Waals surface area contributed by atoms with E-state index in [4.69, 9.17) is 0 Å². The van der Waals surface area contributed by atoms with Crippen LogP contribution >= 0.6 is 11.8 Å². The van der Waals surface area contributed by atoms with E-state index in [2.05, 4.69) is 32.1 Å². The van der Waals surface area contributed by atoms with Crippen LogP contribution in [0.5, 0.6) is 0 Å². The van der Waals surface area contributed by atoms with Gasteiger partial charge in [0.25, 0.3) is 0 Å². The Morgan fingerprint density at radius 1 is 1.29 bits per heavy atom. The molecule has 0 heterocycles. The molecule has 0 saturated heterocycles. The first-order chi connectivity index (χ1) is 7.89. The average molecular weight is 250 g/mol. The summed E-state index contributed by atoms with van der Waals surface area (Å²) in [4.78, 5) is 1.21.